The van der Waals surface area contributed by atoms with Crippen molar-refractivity contribution < 1.29 is 14.3 Å². The van der Waals surface area contributed by atoms with Crippen molar-refractivity contribution in [3.8, 4) is 5.75 Å². The minimum Gasteiger partial charge on any atom is -0.494 e. The second kappa shape index (κ2) is 7.11. The standard InChI is InChI=1S/C16H22N2O3/c1-3-21-15-8-6-14(7-9-15)18(12(2)19)11-10-17-16(20)13-4-5-13/h6-9,13H,3-5,10-11H2,1-2H3,(H,17,20). The number of hydrogen-bond donors (Lipinski definition) is 1. The van der Waals surface area contributed by atoms with E-state index in [0.29, 0.717) is 19.7 Å². The maximum Gasteiger partial charge on any atom is 0.223 e. The lowest BCUT2D eigenvalue weighted by Gasteiger charge is -2.21. The second-order valence-corrected chi connectivity index (χ2v) is 5.16. The summed E-state index contributed by atoms with van der Waals surface area (Å²) in [4.78, 5) is 25.0. The first kappa shape index (κ1) is 15.4. The molecule has 1 aromatic carbocycles. The fraction of sp³-hybridized carbons (Fsp3) is 0.500. The first-order valence-electron chi connectivity index (χ1n) is 7.40. The van der Waals surface area contributed by atoms with Crippen LogP contribution in [0, 0.1) is 5.92 Å². The van der Waals surface area contributed by atoms with Crippen LogP contribution in [0.2, 0.25) is 0 Å². The van der Waals surface area contributed by atoms with Gasteiger partial charge < -0.3 is 15.0 Å². The highest BCUT2D eigenvalue weighted by Crippen LogP contribution is 2.28. The molecule has 0 aliphatic heterocycles. The molecule has 1 fully saturated rings. The van der Waals surface area contributed by atoms with Gasteiger partial charge in [0.2, 0.25) is 11.8 Å². The maximum absolute atomic E-state index is 11.8. The van der Waals surface area contributed by atoms with Crippen molar-refractivity contribution in [1.29, 1.82) is 0 Å². The lowest BCUT2D eigenvalue weighted by molar-refractivity contribution is -0.122. The number of hydrogen-bond acceptors (Lipinski definition) is 3. The van der Waals surface area contributed by atoms with Crippen LogP contribution >= 0.6 is 0 Å². The average Bonchev–Trinajstić information content (AvgIpc) is 3.29. The molecule has 5 heteroatoms. The number of nitrogens with zero attached hydrogens (tertiary/aromatic N) is 1. The Kier molecular flexibility index (Phi) is 5.20. The molecule has 0 saturated heterocycles. The first-order chi connectivity index (χ1) is 10.1. The van der Waals surface area contributed by atoms with Crippen LogP contribution in [0.5, 0.6) is 5.75 Å². The summed E-state index contributed by atoms with van der Waals surface area (Å²) in [6.45, 7) is 5.02. The predicted molar refractivity (Wildman–Crippen MR) is 81.4 cm³/mol. The van der Waals surface area contributed by atoms with E-state index >= 15 is 0 Å². The molecule has 0 radical (unpaired) electrons. The molecule has 1 N–H and O–H groups in total. The zero-order valence-electron chi connectivity index (χ0n) is 12.6. The Bertz CT molecular complexity index is 495. The number of carbonyl (C=O) groups is 2. The van der Waals surface area contributed by atoms with E-state index in [1.165, 1.54) is 6.92 Å². The third kappa shape index (κ3) is 4.48. The summed E-state index contributed by atoms with van der Waals surface area (Å²) in [6.07, 6.45) is 1.97. The molecule has 2 rings (SSSR count). The summed E-state index contributed by atoms with van der Waals surface area (Å²) >= 11 is 0. The fourth-order valence-electron chi connectivity index (χ4n) is 2.14. The summed E-state index contributed by atoms with van der Waals surface area (Å²) in [5.74, 6) is 1.04. The highest BCUT2D eigenvalue weighted by Gasteiger charge is 2.29. The van der Waals surface area contributed by atoms with Gasteiger partial charge in [-0.25, -0.2) is 0 Å². The molecule has 0 atom stereocenters. The summed E-state index contributed by atoms with van der Waals surface area (Å²) in [6, 6.07) is 7.40. The minimum absolute atomic E-state index is 0.0418. The van der Waals surface area contributed by atoms with Gasteiger partial charge >= 0.3 is 0 Å². The van der Waals surface area contributed by atoms with Gasteiger partial charge in [-0.3, -0.25) is 9.59 Å². The smallest absolute Gasteiger partial charge is 0.223 e. The van der Waals surface area contributed by atoms with Gasteiger partial charge in [-0.1, -0.05) is 0 Å². The minimum atomic E-state index is -0.0418. The molecule has 2 amide bonds. The molecule has 0 aromatic heterocycles. The largest absolute Gasteiger partial charge is 0.494 e. The molecule has 0 bridgehead atoms. The summed E-state index contributed by atoms with van der Waals surface area (Å²) in [5.41, 5.74) is 0.812. The molecular formula is C16H22N2O3. The Morgan fingerprint density at radius 2 is 1.95 bits per heavy atom. The third-order valence-corrected chi connectivity index (χ3v) is 3.42. The van der Waals surface area contributed by atoms with Crippen LogP contribution in [0.1, 0.15) is 26.7 Å². The molecule has 5 nitrogen and oxygen atoms in total. The second-order valence-electron chi connectivity index (χ2n) is 5.16. The van der Waals surface area contributed by atoms with Crippen molar-refractivity contribution in [2.45, 2.75) is 26.7 Å². The van der Waals surface area contributed by atoms with Crippen LogP contribution in [0.4, 0.5) is 5.69 Å². The molecular weight excluding hydrogens is 268 g/mol. The van der Waals surface area contributed by atoms with Crippen molar-refractivity contribution in [3.05, 3.63) is 24.3 Å². The van der Waals surface area contributed by atoms with Gasteiger partial charge in [0, 0.05) is 31.6 Å². The normalized spacial score (nSPS) is 13.6. The number of amides is 2. The van der Waals surface area contributed by atoms with Gasteiger partial charge in [0.05, 0.1) is 6.61 Å². The van der Waals surface area contributed by atoms with Gasteiger partial charge in [0.25, 0.3) is 0 Å². The lowest BCUT2D eigenvalue weighted by atomic mass is 10.2. The van der Waals surface area contributed by atoms with E-state index < -0.39 is 0 Å². The van der Waals surface area contributed by atoms with Gasteiger partial charge in [-0.15, -0.1) is 0 Å². The van der Waals surface area contributed by atoms with E-state index in [0.717, 1.165) is 24.3 Å². The van der Waals surface area contributed by atoms with E-state index in [9.17, 15) is 9.59 Å². The zero-order valence-corrected chi connectivity index (χ0v) is 12.6. The monoisotopic (exact) mass is 290 g/mol. The topological polar surface area (TPSA) is 58.6 Å². The van der Waals surface area contributed by atoms with Crippen LogP contribution in [0.15, 0.2) is 24.3 Å². The summed E-state index contributed by atoms with van der Waals surface area (Å²) < 4.78 is 5.39. The average molecular weight is 290 g/mol. The Balaban J connectivity index is 1.90. The quantitative estimate of drug-likeness (QED) is 0.835. The highest BCUT2D eigenvalue weighted by atomic mass is 16.5. The Hall–Kier alpha value is -2.04. The van der Waals surface area contributed by atoms with Crippen LogP contribution in [-0.4, -0.2) is 31.5 Å². The van der Waals surface area contributed by atoms with Crippen LogP contribution in [0.3, 0.4) is 0 Å². The molecule has 1 aliphatic carbocycles. The van der Waals surface area contributed by atoms with Crippen molar-refractivity contribution in [3.63, 3.8) is 0 Å². The third-order valence-electron chi connectivity index (χ3n) is 3.42. The number of nitrogens with one attached hydrogen (secondary N) is 1. The Morgan fingerprint density at radius 3 is 2.48 bits per heavy atom. The number of anilines is 1. The van der Waals surface area contributed by atoms with Crippen LogP contribution < -0.4 is 15.0 Å². The van der Waals surface area contributed by atoms with E-state index in [1.807, 2.05) is 31.2 Å². The van der Waals surface area contributed by atoms with Crippen molar-refractivity contribution in [2.24, 2.45) is 5.92 Å². The van der Waals surface area contributed by atoms with Gasteiger partial charge in [-0.05, 0) is 44.0 Å². The molecule has 0 spiro atoms. The van der Waals surface area contributed by atoms with Crippen LogP contribution in [-0.2, 0) is 9.59 Å². The maximum atomic E-state index is 11.8. The predicted octanol–water partition coefficient (Wildman–Crippen LogP) is 1.96. The van der Waals surface area contributed by atoms with Crippen molar-refractivity contribution in [1.82, 2.24) is 5.32 Å². The number of rotatable bonds is 7. The van der Waals surface area contributed by atoms with Gasteiger partial charge in [0.1, 0.15) is 5.75 Å². The van der Waals surface area contributed by atoms with Crippen molar-refractivity contribution in [2.75, 3.05) is 24.6 Å². The molecule has 0 unspecified atom stereocenters. The SMILES string of the molecule is CCOc1ccc(N(CCNC(=O)C2CC2)C(C)=O)cc1. The first-order valence-corrected chi connectivity index (χ1v) is 7.40. The zero-order chi connectivity index (χ0) is 15.2. The van der Waals surface area contributed by atoms with Crippen LogP contribution in [0.25, 0.3) is 0 Å². The molecule has 1 aliphatic rings. The molecule has 1 aromatic rings. The number of ether oxygens (including phenoxy) is 1. The lowest BCUT2D eigenvalue weighted by Crippen LogP contribution is -2.38. The Morgan fingerprint density at radius 1 is 1.29 bits per heavy atom. The number of carbonyl (C=O) groups excluding carboxylic acids is 2. The molecule has 114 valence electrons. The van der Waals surface area contributed by atoms with Gasteiger partial charge in [0.15, 0.2) is 0 Å². The van der Waals surface area contributed by atoms with Gasteiger partial charge in [-0.2, -0.15) is 0 Å². The highest BCUT2D eigenvalue weighted by molar-refractivity contribution is 5.91. The van der Waals surface area contributed by atoms with E-state index in [2.05, 4.69) is 5.32 Å². The summed E-state index contributed by atoms with van der Waals surface area (Å²) in [5, 5.41) is 2.87. The van der Waals surface area contributed by atoms with E-state index in [-0.39, 0.29) is 17.7 Å². The van der Waals surface area contributed by atoms with Crippen molar-refractivity contribution >= 4 is 17.5 Å². The molecule has 1 saturated carbocycles. The summed E-state index contributed by atoms with van der Waals surface area (Å²) in [7, 11) is 0. The van der Waals surface area contributed by atoms with E-state index in [4.69, 9.17) is 4.74 Å². The molecule has 0 heterocycles. The van der Waals surface area contributed by atoms with E-state index in [1.54, 1.807) is 4.90 Å². The fourth-order valence-corrected chi connectivity index (χ4v) is 2.14. The number of benzene rings is 1. The Labute approximate surface area is 125 Å². The molecule has 21 heavy (non-hydrogen) atoms.